The molecule has 0 saturated heterocycles. The highest BCUT2D eigenvalue weighted by molar-refractivity contribution is 5.90. The third-order valence-electron chi connectivity index (χ3n) is 5.89. The smallest absolute Gasteiger partial charge is 0.331 e. The highest BCUT2D eigenvalue weighted by Crippen LogP contribution is 2.36. The third kappa shape index (κ3) is 6.51. The molecule has 34 heavy (non-hydrogen) atoms. The highest BCUT2D eigenvalue weighted by atomic mass is 16.5. The number of benzene rings is 2. The van der Waals surface area contributed by atoms with Crippen molar-refractivity contribution in [3.8, 4) is 17.2 Å². The Morgan fingerprint density at radius 2 is 1.82 bits per heavy atom. The van der Waals surface area contributed by atoms with E-state index in [1.165, 1.54) is 11.1 Å². The van der Waals surface area contributed by atoms with E-state index in [1.807, 2.05) is 24.3 Å². The summed E-state index contributed by atoms with van der Waals surface area (Å²) in [5.74, 6) is 0.395. The predicted octanol–water partition coefficient (Wildman–Crippen LogP) is 3.43. The molecule has 1 N–H and O–H groups in total. The summed E-state index contributed by atoms with van der Waals surface area (Å²) in [4.78, 5) is 24.5. The number of esters is 1. The van der Waals surface area contributed by atoms with Crippen molar-refractivity contribution in [3.63, 3.8) is 0 Å². The first-order valence-corrected chi connectivity index (χ1v) is 11.1. The fraction of sp³-hybridized carbons (Fsp3) is 0.385. The topological polar surface area (TPSA) is 94.5 Å². The lowest BCUT2D eigenvalue weighted by Gasteiger charge is -2.38. The fourth-order valence-corrected chi connectivity index (χ4v) is 4.23. The molecule has 0 aromatic heterocycles. The Hall–Kier alpha value is -3.52. The molecule has 1 atom stereocenters. The summed E-state index contributed by atoms with van der Waals surface area (Å²) in [6.07, 6.45) is 4.02. The van der Waals surface area contributed by atoms with Crippen molar-refractivity contribution >= 4 is 11.9 Å². The number of ether oxygens (including phenoxy) is 4. The van der Waals surface area contributed by atoms with Crippen LogP contribution >= 0.6 is 0 Å². The van der Waals surface area contributed by atoms with E-state index in [9.17, 15) is 9.59 Å². The number of aliphatic carboxylic acids is 1. The number of carboxylic acid groups (broad SMARTS) is 1. The van der Waals surface area contributed by atoms with Crippen LogP contribution in [0.15, 0.2) is 48.6 Å². The number of hydrogen-bond donors (Lipinski definition) is 1. The minimum Gasteiger partial charge on any atom is -0.497 e. The monoisotopic (exact) mass is 469 g/mol. The number of nitrogens with zero attached hydrogens (tertiary/aromatic N) is 1. The van der Waals surface area contributed by atoms with Crippen LogP contribution in [-0.4, -0.2) is 63.0 Å². The van der Waals surface area contributed by atoms with Gasteiger partial charge >= 0.3 is 11.9 Å². The van der Waals surface area contributed by atoms with Crippen LogP contribution < -0.4 is 14.2 Å². The van der Waals surface area contributed by atoms with Crippen LogP contribution in [0.2, 0.25) is 0 Å². The molecule has 3 rings (SSSR count). The van der Waals surface area contributed by atoms with E-state index in [1.54, 1.807) is 21.3 Å². The molecular formula is C26H31NO7. The SMILES string of the molecule is COc1ccc2c(c1)CCN(CCCOC(=O)C=CC(=O)O)C2Cc1ccc(OC)c(OC)c1. The van der Waals surface area contributed by atoms with Gasteiger partial charge < -0.3 is 24.1 Å². The summed E-state index contributed by atoms with van der Waals surface area (Å²) in [5, 5.41) is 8.61. The Morgan fingerprint density at radius 1 is 1.03 bits per heavy atom. The van der Waals surface area contributed by atoms with Gasteiger partial charge in [0.2, 0.25) is 0 Å². The van der Waals surface area contributed by atoms with Crippen molar-refractivity contribution in [2.75, 3.05) is 41.0 Å². The minimum absolute atomic E-state index is 0.135. The summed E-state index contributed by atoms with van der Waals surface area (Å²) >= 11 is 0. The van der Waals surface area contributed by atoms with Crippen LogP contribution in [0, 0.1) is 0 Å². The standard InChI is InChI=1S/C26H31NO7/c1-31-20-6-7-21-19(17-20)11-13-27(12-4-14-34-26(30)10-9-25(28)29)22(21)15-18-5-8-23(32-2)24(16-18)33-3/h5-10,16-17,22H,4,11-15H2,1-3H3,(H,28,29). The molecule has 182 valence electrons. The average Bonchev–Trinajstić information content (AvgIpc) is 2.85. The predicted molar refractivity (Wildman–Crippen MR) is 127 cm³/mol. The number of carbonyl (C=O) groups is 2. The largest absolute Gasteiger partial charge is 0.497 e. The van der Waals surface area contributed by atoms with Gasteiger partial charge in [0, 0.05) is 31.3 Å². The first-order chi connectivity index (χ1) is 16.4. The molecule has 8 heteroatoms. The normalized spacial score (nSPS) is 15.6. The summed E-state index contributed by atoms with van der Waals surface area (Å²) in [5.41, 5.74) is 3.65. The molecule has 0 aliphatic carbocycles. The van der Waals surface area contributed by atoms with Crippen molar-refractivity contribution < 1.29 is 33.6 Å². The Labute approximate surface area is 199 Å². The lowest BCUT2D eigenvalue weighted by Crippen LogP contribution is -2.37. The maximum absolute atomic E-state index is 11.6. The quantitative estimate of drug-likeness (QED) is 0.304. The van der Waals surface area contributed by atoms with Crippen molar-refractivity contribution in [2.45, 2.75) is 25.3 Å². The number of fused-ring (bicyclic) bond motifs is 1. The number of carboxylic acids is 1. The van der Waals surface area contributed by atoms with Crippen LogP contribution in [0.3, 0.4) is 0 Å². The van der Waals surface area contributed by atoms with Gasteiger partial charge in [0.1, 0.15) is 5.75 Å². The van der Waals surface area contributed by atoms with Crippen molar-refractivity contribution in [2.24, 2.45) is 0 Å². The van der Waals surface area contributed by atoms with Crippen molar-refractivity contribution in [3.05, 3.63) is 65.2 Å². The van der Waals surface area contributed by atoms with E-state index in [-0.39, 0.29) is 12.6 Å². The summed E-state index contributed by atoms with van der Waals surface area (Å²) in [7, 11) is 4.92. The number of carbonyl (C=O) groups excluding carboxylic acids is 1. The van der Waals surface area contributed by atoms with Crippen LogP contribution in [0.5, 0.6) is 17.2 Å². The second-order valence-electron chi connectivity index (χ2n) is 7.95. The molecule has 0 saturated carbocycles. The molecule has 1 unspecified atom stereocenters. The second kappa shape index (κ2) is 12.1. The molecule has 2 aromatic rings. The molecule has 0 radical (unpaired) electrons. The van der Waals surface area contributed by atoms with Crippen LogP contribution in [0.25, 0.3) is 0 Å². The molecule has 0 fully saturated rings. The van der Waals surface area contributed by atoms with E-state index in [2.05, 4.69) is 17.0 Å². The van der Waals surface area contributed by atoms with Gasteiger partial charge in [0.15, 0.2) is 11.5 Å². The molecular weight excluding hydrogens is 438 g/mol. The average molecular weight is 470 g/mol. The van der Waals surface area contributed by atoms with Gasteiger partial charge in [0.05, 0.1) is 27.9 Å². The number of hydrogen-bond acceptors (Lipinski definition) is 7. The van der Waals surface area contributed by atoms with Crippen LogP contribution in [-0.2, 0) is 27.2 Å². The third-order valence-corrected chi connectivity index (χ3v) is 5.89. The first kappa shape index (κ1) is 25.1. The molecule has 2 aromatic carbocycles. The van der Waals surface area contributed by atoms with Gasteiger partial charge in [-0.05, 0) is 60.2 Å². The highest BCUT2D eigenvalue weighted by Gasteiger charge is 2.28. The van der Waals surface area contributed by atoms with Crippen LogP contribution in [0.4, 0.5) is 0 Å². The lowest BCUT2D eigenvalue weighted by atomic mass is 9.88. The number of methoxy groups -OCH3 is 3. The van der Waals surface area contributed by atoms with Gasteiger partial charge in [0.25, 0.3) is 0 Å². The molecule has 8 nitrogen and oxygen atoms in total. The number of rotatable bonds is 11. The van der Waals surface area contributed by atoms with Gasteiger partial charge in [-0.15, -0.1) is 0 Å². The van der Waals surface area contributed by atoms with Gasteiger partial charge in [-0.25, -0.2) is 9.59 Å². The fourth-order valence-electron chi connectivity index (χ4n) is 4.23. The Morgan fingerprint density at radius 3 is 2.53 bits per heavy atom. The summed E-state index contributed by atoms with van der Waals surface area (Å²) in [6.45, 7) is 1.82. The van der Waals surface area contributed by atoms with Crippen LogP contribution in [0.1, 0.15) is 29.2 Å². The Balaban J connectivity index is 1.74. The second-order valence-corrected chi connectivity index (χ2v) is 7.95. The van der Waals surface area contributed by atoms with Crippen molar-refractivity contribution in [1.82, 2.24) is 4.90 Å². The first-order valence-electron chi connectivity index (χ1n) is 11.1. The summed E-state index contributed by atoms with van der Waals surface area (Å²) in [6, 6.07) is 12.3. The minimum atomic E-state index is -1.18. The zero-order valence-electron chi connectivity index (χ0n) is 19.8. The van der Waals surface area contributed by atoms with Gasteiger partial charge in [-0.3, -0.25) is 4.90 Å². The molecule has 1 aliphatic heterocycles. The van der Waals surface area contributed by atoms with E-state index < -0.39 is 11.9 Å². The zero-order valence-corrected chi connectivity index (χ0v) is 19.8. The molecule has 1 aliphatic rings. The van der Waals surface area contributed by atoms with E-state index in [0.717, 1.165) is 49.4 Å². The lowest BCUT2D eigenvalue weighted by molar-refractivity contribution is -0.139. The maximum atomic E-state index is 11.6. The Kier molecular flexibility index (Phi) is 8.93. The summed E-state index contributed by atoms with van der Waals surface area (Å²) < 4.78 is 21.4. The Bertz CT molecular complexity index is 1030. The molecule has 1 heterocycles. The zero-order chi connectivity index (χ0) is 24.5. The van der Waals surface area contributed by atoms with E-state index in [0.29, 0.717) is 17.9 Å². The molecule has 0 amide bonds. The molecule has 0 bridgehead atoms. The molecule has 0 spiro atoms. The van der Waals surface area contributed by atoms with Gasteiger partial charge in [-0.1, -0.05) is 12.1 Å². The van der Waals surface area contributed by atoms with Crippen molar-refractivity contribution in [1.29, 1.82) is 0 Å². The van der Waals surface area contributed by atoms with E-state index in [4.69, 9.17) is 24.1 Å². The van der Waals surface area contributed by atoms with E-state index >= 15 is 0 Å². The maximum Gasteiger partial charge on any atom is 0.331 e. The van der Waals surface area contributed by atoms with Gasteiger partial charge in [-0.2, -0.15) is 0 Å².